The van der Waals surface area contributed by atoms with Crippen molar-refractivity contribution in [2.24, 2.45) is 0 Å². The Bertz CT molecular complexity index is 589. The van der Waals surface area contributed by atoms with Crippen molar-refractivity contribution in [1.29, 1.82) is 0 Å². The molecule has 0 amide bonds. The van der Waals surface area contributed by atoms with Crippen molar-refractivity contribution < 1.29 is 13.2 Å². The van der Waals surface area contributed by atoms with E-state index in [1.165, 1.54) is 13.0 Å². The Balaban J connectivity index is 2.12. The van der Waals surface area contributed by atoms with Crippen molar-refractivity contribution in [1.82, 2.24) is 4.98 Å². The average molecular weight is 280 g/mol. The smallest absolute Gasteiger partial charge is 0.379 e. The molecule has 1 N–H and O–H groups in total. The highest BCUT2D eigenvalue weighted by molar-refractivity contribution is 5.49. The van der Waals surface area contributed by atoms with Crippen molar-refractivity contribution in [3.63, 3.8) is 0 Å². The van der Waals surface area contributed by atoms with E-state index in [0.29, 0.717) is 12.2 Å². The van der Waals surface area contributed by atoms with Gasteiger partial charge in [-0.3, -0.25) is 4.98 Å². The highest BCUT2D eigenvalue weighted by atomic mass is 19.4. The van der Waals surface area contributed by atoms with E-state index in [9.17, 15) is 13.2 Å². The molecule has 1 aromatic heterocycles. The van der Waals surface area contributed by atoms with Crippen molar-refractivity contribution in [3.8, 4) is 0 Å². The maximum Gasteiger partial charge on any atom is 0.416 e. The Hall–Kier alpha value is -2.04. The first-order chi connectivity index (χ1) is 9.36. The Kier molecular flexibility index (Phi) is 3.97. The van der Waals surface area contributed by atoms with Gasteiger partial charge in [0.25, 0.3) is 0 Å². The minimum Gasteiger partial charge on any atom is -0.379 e. The number of halogens is 3. The summed E-state index contributed by atoms with van der Waals surface area (Å²) in [5.74, 6) is 0. The number of nitrogens with one attached hydrogen (secondary N) is 1. The summed E-state index contributed by atoms with van der Waals surface area (Å²) >= 11 is 0. The topological polar surface area (TPSA) is 24.9 Å². The number of hydrogen-bond acceptors (Lipinski definition) is 2. The molecular weight excluding hydrogens is 265 g/mol. The van der Waals surface area contributed by atoms with Gasteiger partial charge in [0.1, 0.15) is 0 Å². The number of hydrogen-bond donors (Lipinski definition) is 1. The molecular formula is C15H15F3N2. The SMILES string of the molecule is Cc1ccc(CNc2ccc(C)c(C(F)(F)F)c2)nc1. The van der Waals surface area contributed by atoms with Crippen LogP contribution in [0.15, 0.2) is 36.5 Å². The van der Waals surface area contributed by atoms with Crippen LogP contribution >= 0.6 is 0 Å². The second kappa shape index (κ2) is 5.53. The molecule has 0 aliphatic heterocycles. The first-order valence-electron chi connectivity index (χ1n) is 6.19. The van der Waals surface area contributed by atoms with E-state index < -0.39 is 11.7 Å². The lowest BCUT2D eigenvalue weighted by Gasteiger charge is -2.13. The van der Waals surface area contributed by atoms with Gasteiger partial charge in [-0.05, 0) is 43.2 Å². The van der Waals surface area contributed by atoms with Gasteiger partial charge >= 0.3 is 6.18 Å². The molecule has 1 heterocycles. The quantitative estimate of drug-likeness (QED) is 0.905. The molecule has 106 valence electrons. The summed E-state index contributed by atoms with van der Waals surface area (Å²) in [7, 11) is 0. The predicted molar refractivity (Wildman–Crippen MR) is 72.5 cm³/mol. The standard InChI is InChI=1S/C15H15F3N2/c1-10-3-5-13(19-8-10)9-20-12-6-4-11(2)14(7-12)15(16,17)18/h3-8,20H,9H2,1-2H3. The third kappa shape index (κ3) is 3.50. The molecule has 20 heavy (non-hydrogen) atoms. The summed E-state index contributed by atoms with van der Waals surface area (Å²) in [6.45, 7) is 3.77. The van der Waals surface area contributed by atoms with Crippen molar-refractivity contribution >= 4 is 5.69 Å². The van der Waals surface area contributed by atoms with Gasteiger partial charge < -0.3 is 5.32 Å². The fraction of sp³-hybridized carbons (Fsp3) is 0.267. The molecule has 2 nitrogen and oxygen atoms in total. The number of pyridine rings is 1. The number of aryl methyl sites for hydroxylation is 2. The number of anilines is 1. The van der Waals surface area contributed by atoms with Crippen LogP contribution in [0, 0.1) is 13.8 Å². The summed E-state index contributed by atoms with van der Waals surface area (Å²) < 4.78 is 38.4. The number of benzene rings is 1. The normalized spacial score (nSPS) is 11.4. The van der Waals surface area contributed by atoms with Crippen molar-refractivity contribution in [2.75, 3.05) is 5.32 Å². The zero-order valence-corrected chi connectivity index (χ0v) is 11.3. The van der Waals surface area contributed by atoms with Gasteiger partial charge in [0.2, 0.25) is 0 Å². The molecule has 0 aliphatic rings. The molecule has 0 saturated heterocycles. The largest absolute Gasteiger partial charge is 0.416 e. The van der Waals surface area contributed by atoms with Crippen LogP contribution in [-0.4, -0.2) is 4.98 Å². The maximum absolute atomic E-state index is 12.8. The van der Waals surface area contributed by atoms with E-state index in [-0.39, 0.29) is 5.56 Å². The predicted octanol–water partition coefficient (Wildman–Crippen LogP) is 4.33. The van der Waals surface area contributed by atoms with Crippen LogP contribution in [0.1, 0.15) is 22.4 Å². The summed E-state index contributed by atoms with van der Waals surface area (Å²) in [5, 5.41) is 2.96. The van der Waals surface area contributed by atoms with Crippen LogP contribution in [0.25, 0.3) is 0 Å². The van der Waals surface area contributed by atoms with E-state index in [1.54, 1.807) is 12.3 Å². The monoisotopic (exact) mass is 280 g/mol. The molecule has 2 rings (SSSR count). The molecule has 0 aliphatic carbocycles. The van der Waals surface area contributed by atoms with Gasteiger partial charge in [0, 0.05) is 11.9 Å². The summed E-state index contributed by atoms with van der Waals surface area (Å²) in [5.41, 5.74) is 1.87. The molecule has 0 spiro atoms. The van der Waals surface area contributed by atoms with Crippen LogP contribution < -0.4 is 5.32 Å². The Morgan fingerprint density at radius 2 is 1.85 bits per heavy atom. The van der Waals surface area contributed by atoms with Crippen molar-refractivity contribution in [3.05, 3.63) is 58.9 Å². The fourth-order valence-corrected chi connectivity index (χ4v) is 1.83. The summed E-state index contributed by atoms with van der Waals surface area (Å²) in [4.78, 5) is 4.20. The zero-order valence-electron chi connectivity index (χ0n) is 11.3. The lowest BCUT2D eigenvalue weighted by Crippen LogP contribution is -2.09. The molecule has 1 aromatic carbocycles. The molecule has 0 unspecified atom stereocenters. The van der Waals surface area contributed by atoms with E-state index in [4.69, 9.17) is 0 Å². The fourth-order valence-electron chi connectivity index (χ4n) is 1.83. The zero-order chi connectivity index (χ0) is 14.8. The molecule has 0 bridgehead atoms. The molecule has 0 fully saturated rings. The lowest BCUT2D eigenvalue weighted by atomic mass is 10.1. The van der Waals surface area contributed by atoms with E-state index in [0.717, 1.165) is 17.3 Å². The highest BCUT2D eigenvalue weighted by Crippen LogP contribution is 2.33. The van der Waals surface area contributed by atoms with Crippen LogP contribution in [0.2, 0.25) is 0 Å². The Morgan fingerprint density at radius 3 is 2.45 bits per heavy atom. The van der Waals surface area contributed by atoms with Gasteiger partial charge in [-0.2, -0.15) is 13.2 Å². The number of aromatic nitrogens is 1. The highest BCUT2D eigenvalue weighted by Gasteiger charge is 2.32. The van der Waals surface area contributed by atoms with Gasteiger partial charge in [-0.25, -0.2) is 0 Å². The van der Waals surface area contributed by atoms with Crippen LogP contribution in [0.5, 0.6) is 0 Å². The minimum absolute atomic E-state index is 0.219. The van der Waals surface area contributed by atoms with Gasteiger partial charge in [0.05, 0.1) is 17.8 Å². The minimum atomic E-state index is -4.33. The number of rotatable bonds is 3. The third-order valence-corrected chi connectivity index (χ3v) is 2.99. The molecule has 0 radical (unpaired) electrons. The Morgan fingerprint density at radius 1 is 1.10 bits per heavy atom. The van der Waals surface area contributed by atoms with E-state index in [1.807, 2.05) is 19.1 Å². The first kappa shape index (κ1) is 14.4. The van der Waals surface area contributed by atoms with Crippen LogP contribution in [0.4, 0.5) is 18.9 Å². The lowest BCUT2D eigenvalue weighted by molar-refractivity contribution is -0.138. The van der Waals surface area contributed by atoms with Crippen LogP contribution in [-0.2, 0) is 12.7 Å². The van der Waals surface area contributed by atoms with Crippen LogP contribution in [0.3, 0.4) is 0 Å². The molecule has 0 atom stereocenters. The second-order valence-electron chi connectivity index (χ2n) is 4.71. The molecule has 0 saturated carbocycles. The van der Waals surface area contributed by atoms with Gasteiger partial charge in [0.15, 0.2) is 0 Å². The van der Waals surface area contributed by atoms with Crippen molar-refractivity contribution in [2.45, 2.75) is 26.6 Å². The molecule has 5 heteroatoms. The summed E-state index contributed by atoms with van der Waals surface area (Å²) in [6, 6.07) is 8.00. The van der Waals surface area contributed by atoms with Gasteiger partial charge in [-0.15, -0.1) is 0 Å². The average Bonchev–Trinajstić information content (AvgIpc) is 2.38. The number of nitrogens with zero attached hydrogens (tertiary/aromatic N) is 1. The second-order valence-corrected chi connectivity index (χ2v) is 4.71. The van der Waals surface area contributed by atoms with E-state index in [2.05, 4.69) is 10.3 Å². The first-order valence-corrected chi connectivity index (χ1v) is 6.19. The summed E-state index contributed by atoms with van der Waals surface area (Å²) in [6.07, 6.45) is -2.60. The molecule has 2 aromatic rings. The third-order valence-electron chi connectivity index (χ3n) is 2.99. The Labute approximate surface area is 115 Å². The number of alkyl halides is 3. The van der Waals surface area contributed by atoms with Gasteiger partial charge in [-0.1, -0.05) is 12.1 Å². The van der Waals surface area contributed by atoms with E-state index >= 15 is 0 Å². The maximum atomic E-state index is 12.8.